The van der Waals surface area contributed by atoms with Gasteiger partial charge in [-0.25, -0.2) is 9.59 Å². The van der Waals surface area contributed by atoms with E-state index < -0.39 is 11.9 Å². The third-order valence-corrected chi connectivity index (χ3v) is 3.91. The van der Waals surface area contributed by atoms with E-state index in [0.29, 0.717) is 32.1 Å². The van der Waals surface area contributed by atoms with Crippen molar-refractivity contribution < 1.29 is 24.5 Å². The van der Waals surface area contributed by atoms with Gasteiger partial charge in [-0.3, -0.25) is 4.90 Å². The van der Waals surface area contributed by atoms with Crippen LogP contribution < -0.4 is 0 Å². The molecule has 1 fully saturated rings. The Bertz CT molecular complexity index is 424. The van der Waals surface area contributed by atoms with Crippen molar-refractivity contribution in [1.82, 2.24) is 4.90 Å². The minimum absolute atomic E-state index is 0.0344. The van der Waals surface area contributed by atoms with Crippen molar-refractivity contribution in [3.63, 3.8) is 0 Å². The van der Waals surface area contributed by atoms with Crippen LogP contribution in [0.15, 0.2) is 11.1 Å². The maximum absolute atomic E-state index is 11.6. The lowest BCUT2D eigenvalue weighted by molar-refractivity contribution is -0.136. The second kappa shape index (κ2) is 8.90. The molecule has 0 aromatic rings. The van der Waals surface area contributed by atoms with Gasteiger partial charge in [0.15, 0.2) is 0 Å². The molecule has 22 heavy (non-hydrogen) atoms. The molecule has 126 valence electrons. The predicted octanol–water partition coefficient (Wildman–Crippen LogP) is 1.86. The van der Waals surface area contributed by atoms with Crippen LogP contribution in [0, 0.1) is 11.8 Å². The summed E-state index contributed by atoms with van der Waals surface area (Å²) >= 11 is 0. The molecule has 0 aromatic carbocycles. The average molecular weight is 313 g/mol. The first kappa shape index (κ1) is 18.6. The molecule has 1 aliphatic heterocycles. The van der Waals surface area contributed by atoms with Gasteiger partial charge in [-0.1, -0.05) is 20.8 Å². The number of carboxylic acid groups (broad SMARTS) is 2. The van der Waals surface area contributed by atoms with Gasteiger partial charge in [0.05, 0.1) is 18.8 Å². The third-order valence-electron chi connectivity index (χ3n) is 3.91. The number of carboxylic acids is 2. The summed E-state index contributed by atoms with van der Waals surface area (Å²) < 4.78 is 5.26. The maximum Gasteiger partial charge on any atom is 0.332 e. The number of morpholine rings is 1. The van der Waals surface area contributed by atoms with Crippen molar-refractivity contribution in [2.75, 3.05) is 32.8 Å². The zero-order valence-electron chi connectivity index (χ0n) is 13.7. The first-order chi connectivity index (χ1) is 10.3. The van der Waals surface area contributed by atoms with Crippen LogP contribution in [0.1, 0.15) is 33.6 Å². The molecule has 0 spiro atoms. The SMILES string of the molecule is CC(C)CC(C)/C(C(=O)O)=C(/CCN1CCOCC1)C(=O)O. The van der Waals surface area contributed by atoms with Gasteiger partial charge in [0.2, 0.25) is 0 Å². The Morgan fingerprint density at radius 1 is 1.09 bits per heavy atom. The highest BCUT2D eigenvalue weighted by molar-refractivity contribution is 5.99. The minimum atomic E-state index is -1.12. The molecule has 6 nitrogen and oxygen atoms in total. The Morgan fingerprint density at radius 3 is 2.14 bits per heavy atom. The Labute approximate surface area is 131 Å². The topological polar surface area (TPSA) is 87.1 Å². The summed E-state index contributed by atoms with van der Waals surface area (Å²) in [6.07, 6.45) is 0.912. The fourth-order valence-electron chi connectivity index (χ4n) is 2.91. The number of nitrogens with zero attached hydrogens (tertiary/aromatic N) is 1. The van der Waals surface area contributed by atoms with E-state index >= 15 is 0 Å². The van der Waals surface area contributed by atoms with Gasteiger partial charge < -0.3 is 14.9 Å². The summed E-state index contributed by atoms with van der Waals surface area (Å²) in [4.78, 5) is 25.2. The van der Waals surface area contributed by atoms with Crippen molar-refractivity contribution >= 4 is 11.9 Å². The zero-order valence-corrected chi connectivity index (χ0v) is 13.7. The van der Waals surface area contributed by atoms with Gasteiger partial charge in [-0.2, -0.15) is 0 Å². The molecule has 0 amide bonds. The van der Waals surface area contributed by atoms with E-state index in [1.807, 2.05) is 13.8 Å². The van der Waals surface area contributed by atoms with E-state index in [4.69, 9.17) is 4.74 Å². The molecule has 0 saturated carbocycles. The lowest BCUT2D eigenvalue weighted by Gasteiger charge is -2.27. The quantitative estimate of drug-likeness (QED) is 0.665. The molecule has 0 bridgehead atoms. The summed E-state index contributed by atoms with van der Waals surface area (Å²) in [6.45, 7) is 9.16. The predicted molar refractivity (Wildman–Crippen MR) is 82.8 cm³/mol. The van der Waals surface area contributed by atoms with Crippen LogP contribution in [0.3, 0.4) is 0 Å². The van der Waals surface area contributed by atoms with E-state index in [1.54, 1.807) is 6.92 Å². The van der Waals surface area contributed by atoms with E-state index in [9.17, 15) is 19.8 Å². The first-order valence-corrected chi connectivity index (χ1v) is 7.82. The summed E-state index contributed by atoms with van der Waals surface area (Å²) in [7, 11) is 0. The highest BCUT2D eigenvalue weighted by Gasteiger charge is 2.26. The molecule has 1 aliphatic rings. The Morgan fingerprint density at radius 2 is 1.68 bits per heavy atom. The summed E-state index contributed by atoms with van der Waals surface area (Å²) in [5.74, 6) is -2.19. The normalized spacial score (nSPS) is 18.9. The van der Waals surface area contributed by atoms with Crippen molar-refractivity contribution in [1.29, 1.82) is 0 Å². The van der Waals surface area contributed by atoms with Gasteiger partial charge in [0, 0.05) is 25.2 Å². The van der Waals surface area contributed by atoms with Gasteiger partial charge in [-0.15, -0.1) is 0 Å². The summed E-state index contributed by atoms with van der Waals surface area (Å²) in [6, 6.07) is 0. The highest BCUT2D eigenvalue weighted by Crippen LogP contribution is 2.25. The third kappa shape index (κ3) is 5.77. The van der Waals surface area contributed by atoms with Gasteiger partial charge in [0.25, 0.3) is 0 Å². The molecule has 1 atom stereocenters. The fourth-order valence-corrected chi connectivity index (χ4v) is 2.91. The van der Waals surface area contributed by atoms with E-state index in [1.165, 1.54) is 0 Å². The number of rotatable bonds is 8. The van der Waals surface area contributed by atoms with Gasteiger partial charge >= 0.3 is 11.9 Å². The average Bonchev–Trinajstić information content (AvgIpc) is 2.42. The molecule has 2 N–H and O–H groups in total. The van der Waals surface area contributed by atoms with Crippen LogP contribution in [0.2, 0.25) is 0 Å². The molecular weight excluding hydrogens is 286 g/mol. The Hall–Kier alpha value is -1.40. The highest BCUT2D eigenvalue weighted by atomic mass is 16.5. The van der Waals surface area contributed by atoms with Crippen molar-refractivity contribution in [2.24, 2.45) is 11.8 Å². The molecule has 1 heterocycles. The van der Waals surface area contributed by atoms with Crippen molar-refractivity contribution in [3.8, 4) is 0 Å². The first-order valence-electron chi connectivity index (χ1n) is 7.82. The number of carbonyl (C=O) groups is 2. The molecule has 0 aliphatic carbocycles. The monoisotopic (exact) mass is 313 g/mol. The maximum atomic E-state index is 11.6. The van der Waals surface area contributed by atoms with Crippen LogP contribution in [-0.4, -0.2) is 59.9 Å². The number of hydrogen-bond acceptors (Lipinski definition) is 4. The van der Waals surface area contributed by atoms with Gasteiger partial charge in [0.1, 0.15) is 0 Å². The van der Waals surface area contributed by atoms with Crippen molar-refractivity contribution in [3.05, 3.63) is 11.1 Å². The van der Waals surface area contributed by atoms with Crippen LogP contribution in [-0.2, 0) is 14.3 Å². The van der Waals surface area contributed by atoms with Crippen LogP contribution in [0.4, 0.5) is 0 Å². The standard InChI is InChI=1S/C16H27NO5/c1-11(2)10-12(3)14(16(20)21)13(15(18)19)4-5-17-6-8-22-9-7-17/h11-12H,4-10H2,1-3H3,(H,18,19)(H,20,21)/b14-13+. The molecule has 0 radical (unpaired) electrons. The summed E-state index contributed by atoms with van der Waals surface area (Å²) in [5, 5.41) is 18.9. The molecule has 1 rings (SSSR count). The number of ether oxygens (including phenoxy) is 1. The Kier molecular flexibility index (Phi) is 7.55. The van der Waals surface area contributed by atoms with Crippen LogP contribution in [0.25, 0.3) is 0 Å². The molecule has 0 aromatic heterocycles. The number of aliphatic carboxylic acids is 2. The minimum Gasteiger partial charge on any atom is -0.478 e. The second-order valence-corrected chi connectivity index (χ2v) is 6.24. The Balaban J connectivity index is 2.89. The van der Waals surface area contributed by atoms with E-state index in [0.717, 1.165) is 13.1 Å². The second-order valence-electron chi connectivity index (χ2n) is 6.24. The largest absolute Gasteiger partial charge is 0.478 e. The lowest BCUT2D eigenvalue weighted by atomic mass is 9.87. The van der Waals surface area contributed by atoms with E-state index in [2.05, 4.69) is 4.90 Å². The fraction of sp³-hybridized carbons (Fsp3) is 0.750. The molecular formula is C16H27NO5. The van der Waals surface area contributed by atoms with E-state index in [-0.39, 0.29) is 23.5 Å². The van der Waals surface area contributed by atoms with Crippen LogP contribution in [0.5, 0.6) is 0 Å². The van der Waals surface area contributed by atoms with Gasteiger partial charge in [-0.05, 0) is 24.7 Å². The summed E-state index contributed by atoms with van der Waals surface area (Å²) in [5.41, 5.74) is 0.0848. The molecule has 1 unspecified atom stereocenters. The molecule has 6 heteroatoms. The van der Waals surface area contributed by atoms with Crippen LogP contribution >= 0.6 is 0 Å². The zero-order chi connectivity index (χ0) is 16.7. The smallest absolute Gasteiger partial charge is 0.332 e. The lowest BCUT2D eigenvalue weighted by Crippen LogP contribution is -2.37. The number of hydrogen-bond donors (Lipinski definition) is 2. The molecule has 1 saturated heterocycles. The van der Waals surface area contributed by atoms with Crippen molar-refractivity contribution in [2.45, 2.75) is 33.6 Å².